The quantitative estimate of drug-likeness (QED) is 0.326. The van der Waals surface area contributed by atoms with Crippen molar-refractivity contribution in [2.75, 3.05) is 43.1 Å². The normalized spacial score (nSPS) is 15.8. The summed E-state index contributed by atoms with van der Waals surface area (Å²) < 4.78 is 25.8. The fourth-order valence-electron chi connectivity index (χ4n) is 2.35. The predicted octanol–water partition coefficient (Wildman–Crippen LogP) is 0.556. The molecular weight excluding hydrogens is 363 g/mol. The molecule has 10 heteroatoms. The molecule has 5 N–H and O–H groups in total. The second kappa shape index (κ2) is 9.54. The summed E-state index contributed by atoms with van der Waals surface area (Å²) in [5.74, 6) is 0.839. The standard InChI is InChI=1S/C15H21FN6OS2/c1-18-15(24)20-10-12(21-17)9-19-11-2-3-14(13(16)8-11)22-4-6-25(23)7-5-22/h2-3,8-9,17,19H,4-7,10H2,1H3,(H2,18,20,24)/p+1/b12-9-,21-17?. The Bertz CT molecular complexity index is 687. The van der Waals surface area contributed by atoms with E-state index >= 15 is 0 Å². The second-order valence-corrected chi connectivity index (χ2v) is 7.52. The SMILES string of the molecule is CNC(=S)NC/C(=C/[NH2+]c1ccc(N2CCS(=O)CC2)c(F)c1)N=N. The number of anilines is 1. The van der Waals surface area contributed by atoms with Crippen LogP contribution in [0.25, 0.3) is 0 Å². The number of nitrogens with zero attached hydrogens (tertiary/aromatic N) is 2. The summed E-state index contributed by atoms with van der Waals surface area (Å²) in [6.45, 7) is 1.52. The second-order valence-electron chi connectivity index (χ2n) is 5.42. The van der Waals surface area contributed by atoms with Gasteiger partial charge in [-0.05, 0) is 18.3 Å². The molecule has 1 aliphatic heterocycles. The molecule has 1 aromatic rings. The molecule has 1 aromatic carbocycles. The van der Waals surface area contributed by atoms with Crippen molar-refractivity contribution >= 4 is 39.5 Å². The zero-order valence-electron chi connectivity index (χ0n) is 13.9. The number of thiocarbonyl (C=S) groups is 1. The molecule has 1 aliphatic rings. The molecule has 0 aromatic heterocycles. The highest BCUT2D eigenvalue weighted by molar-refractivity contribution is 7.85. The summed E-state index contributed by atoms with van der Waals surface area (Å²) >= 11 is 4.96. The van der Waals surface area contributed by atoms with Gasteiger partial charge in [0.25, 0.3) is 0 Å². The Morgan fingerprint density at radius 2 is 2.24 bits per heavy atom. The molecule has 0 radical (unpaired) electrons. The highest BCUT2D eigenvalue weighted by Gasteiger charge is 2.18. The van der Waals surface area contributed by atoms with Gasteiger partial charge in [-0.25, -0.2) is 9.92 Å². The van der Waals surface area contributed by atoms with Crippen LogP contribution in [0.15, 0.2) is 35.2 Å². The lowest BCUT2D eigenvalue weighted by atomic mass is 10.2. The van der Waals surface area contributed by atoms with E-state index in [-0.39, 0.29) is 5.82 Å². The first kappa shape index (κ1) is 19.4. The van der Waals surface area contributed by atoms with Gasteiger partial charge in [0.2, 0.25) is 0 Å². The number of benzene rings is 1. The highest BCUT2D eigenvalue weighted by atomic mass is 32.2. The van der Waals surface area contributed by atoms with Crippen LogP contribution in [0.5, 0.6) is 0 Å². The molecule has 0 unspecified atom stereocenters. The predicted molar refractivity (Wildman–Crippen MR) is 101 cm³/mol. The van der Waals surface area contributed by atoms with Crippen LogP contribution in [0.3, 0.4) is 0 Å². The average molecular weight is 386 g/mol. The maximum absolute atomic E-state index is 14.4. The Labute approximate surface area is 154 Å². The molecule has 136 valence electrons. The fraction of sp³-hybridized carbons (Fsp3) is 0.400. The van der Waals surface area contributed by atoms with Crippen LogP contribution in [0.1, 0.15) is 0 Å². The minimum Gasteiger partial charge on any atom is -0.367 e. The van der Waals surface area contributed by atoms with Crippen molar-refractivity contribution < 1.29 is 13.9 Å². The molecule has 1 fully saturated rings. The van der Waals surface area contributed by atoms with E-state index in [1.165, 1.54) is 6.07 Å². The first-order valence-electron chi connectivity index (χ1n) is 7.80. The molecule has 25 heavy (non-hydrogen) atoms. The van der Waals surface area contributed by atoms with E-state index in [9.17, 15) is 8.60 Å². The van der Waals surface area contributed by atoms with Crippen molar-refractivity contribution in [3.8, 4) is 0 Å². The van der Waals surface area contributed by atoms with Gasteiger partial charge in [-0.2, -0.15) is 5.11 Å². The van der Waals surface area contributed by atoms with Crippen LogP contribution in [0.2, 0.25) is 0 Å². The third-order valence-corrected chi connectivity index (χ3v) is 5.38. The summed E-state index contributed by atoms with van der Waals surface area (Å²) in [5, 5.41) is 11.3. The van der Waals surface area contributed by atoms with Crippen molar-refractivity contribution in [3.05, 3.63) is 35.9 Å². The van der Waals surface area contributed by atoms with Crippen LogP contribution in [-0.4, -0.2) is 47.5 Å². The van der Waals surface area contributed by atoms with Gasteiger partial charge in [0.15, 0.2) is 10.9 Å². The minimum atomic E-state index is -0.787. The lowest BCUT2D eigenvalue weighted by Crippen LogP contribution is -2.71. The molecule has 1 heterocycles. The van der Waals surface area contributed by atoms with Gasteiger partial charge in [0.05, 0.1) is 12.2 Å². The molecule has 0 spiro atoms. The van der Waals surface area contributed by atoms with Crippen LogP contribution < -0.4 is 20.9 Å². The van der Waals surface area contributed by atoms with E-state index in [2.05, 4.69) is 15.7 Å². The lowest BCUT2D eigenvalue weighted by Gasteiger charge is -2.28. The highest BCUT2D eigenvalue weighted by Crippen LogP contribution is 2.22. The Morgan fingerprint density at radius 3 is 2.84 bits per heavy atom. The molecule has 7 nitrogen and oxygen atoms in total. The molecule has 2 rings (SSSR count). The van der Waals surface area contributed by atoms with Crippen molar-refractivity contribution in [2.24, 2.45) is 5.11 Å². The molecule has 0 bridgehead atoms. The number of hydrogen-bond acceptors (Lipinski definition) is 5. The van der Waals surface area contributed by atoms with E-state index in [1.54, 1.807) is 24.6 Å². The summed E-state index contributed by atoms with van der Waals surface area (Å²) in [6, 6.07) is 4.99. The van der Waals surface area contributed by atoms with Crippen molar-refractivity contribution in [3.63, 3.8) is 0 Å². The number of halogens is 1. The number of quaternary nitrogens is 1. The van der Waals surface area contributed by atoms with E-state index in [0.717, 1.165) is 0 Å². The van der Waals surface area contributed by atoms with Gasteiger partial charge in [-0.1, -0.05) is 0 Å². The fourth-order valence-corrected chi connectivity index (χ4v) is 3.47. The van der Waals surface area contributed by atoms with E-state index in [4.69, 9.17) is 17.7 Å². The van der Waals surface area contributed by atoms with E-state index in [1.807, 2.05) is 11.0 Å². The molecular formula is C15H22FN6OS2+. The van der Waals surface area contributed by atoms with Crippen molar-refractivity contribution in [1.29, 1.82) is 5.53 Å². The summed E-state index contributed by atoms with van der Waals surface area (Å²) in [5.41, 5.74) is 8.87. The van der Waals surface area contributed by atoms with E-state index in [0.29, 0.717) is 53.3 Å². The molecule has 0 saturated carbocycles. The first-order valence-corrected chi connectivity index (χ1v) is 9.69. The third kappa shape index (κ3) is 5.83. The topological polar surface area (TPSA) is 97.2 Å². The smallest absolute Gasteiger partial charge is 0.166 e. The van der Waals surface area contributed by atoms with Crippen LogP contribution >= 0.6 is 12.2 Å². The van der Waals surface area contributed by atoms with Crippen LogP contribution in [-0.2, 0) is 10.8 Å². The molecule has 1 saturated heterocycles. The van der Waals surface area contributed by atoms with Gasteiger partial charge in [-0.3, -0.25) is 9.53 Å². The largest absolute Gasteiger partial charge is 0.367 e. The summed E-state index contributed by atoms with van der Waals surface area (Å²) in [7, 11) is 0.914. The maximum Gasteiger partial charge on any atom is 0.166 e. The number of nitrogens with one attached hydrogen (secondary N) is 3. The number of rotatable bonds is 6. The average Bonchev–Trinajstić information content (AvgIpc) is 2.62. The van der Waals surface area contributed by atoms with Gasteiger partial charge in [0.1, 0.15) is 17.6 Å². The molecule has 0 atom stereocenters. The molecule has 0 amide bonds. The zero-order chi connectivity index (χ0) is 18.2. The van der Waals surface area contributed by atoms with Gasteiger partial charge >= 0.3 is 0 Å². The Kier molecular flexibility index (Phi) is 7.41. The minimum absolute atomic E-state index is 0.311. The number of nitrogens with two attached hydrogens (primary N) is 1. The first-order chi connectivity index (χ1) is 12.0. The van der Waals surface area contributed by atoms with Gasteiger partial charge in [0, 0.05) is 54.6 Å². The Hall–Kier alpha value is -1.91. The van der Waals surface area contributed by atoms with Crippen molar-refractivity contribution in [2.45, 2.75) is 0 Å². The Morgan fingerprint density at radius 1 is 1.52 bits per heavy atom. The third-order valence-electron chi connectivity index (χ3n) is 3.76. The van der Waals surface area contributed by atoms with E-state index < -0.39 is 10.8 Å². The molecule has 0 aliphatic carbocycles. The van der Waals surface area contributed by atoms with Crippen LogP contribution in [0, 0.1) is 11.3 Å². The van der Waals surface area contributed by atoms with Crippen molar-refractivity contribution in [1.82, 2.24) is 10.6 Å². The van der Waals surface area contributed by atoms with Crippen LogP contribution in [0.4, 0.5) is 15.8 Å². The lowest BCUT2D eigenvalue weighted by molar-refractivity contribution is -0.497. The maximum atomic E-state index is 14.4. The number of hydrogen-bond donors (Lipinski definition) is 4. The summed E-state index contributed by atoms with van der Waals surface area (Å²) in [6.07, 6.45) is 1.65. The zero-order valence-corrected chi connectivity index (χ0v) is 15.6. The Balaban J connectivity index is 1.99. The monoisotopic (exact) mass is 385 g/mol. The summed E-state index contributed by atoms with van der Waals surface area (Å²) in [4.78, 5) is 1.92. The van der Waals surface area contributed by atoms with Gasteiger partial charge < -0.3 is 15.5 Å². The van der Waals surface area contributed by atoms with Gasteiger partial charge in [-0.15, -0.1) is 0 Å².